The normalized spacial score (nSPS) is 15.9. The van der Waals surface area contributed by atoms with E-state index in [9.17, 15) is 4.79 Å². The molecule has 140 valence electrons. The molecule has 1 saturated heterocycles. The number of fused-ring (bicyclic) bond motifs is 1. The Balaban J connectivity index is 1.27. The molecule has 1 aromatic carbocycles. The largest absolute Gasteiger partial charge is 0.324 e. The Morgan fingerprint density at radius 3 is 2.70 bits per heavy atom. The number of para-hydroxylation sites is 1. The Morgan fingerprint density at radius 2 is 1.89 bits per heavy atom. The second-order valence-electron chi connectivity index (χ2n) is 6.63. The summed E-state index contributed by atoms with van der Waals surface area (Å²) < 4.78 is 2.07. The lowest BCUT2D eigenvalue weighted by molar-refractivity contribution is -0.117. The molecule has 3 heterocycles. The number of imidazole rings is 1. The van der Waals surface area contributed by atoms with Crippen LogP contribution in [-0.2, 0) is 11.3 Å². The summed E-state index contributed by atoms with van der Waals surface area (Å²) in [6.45, 7) is 4.75. The Labute approximate surface area is 162 Å². The number of carbonyl (C=O) groups is 1. The minimum atomic E-state index is -0.0363. The number of halogens is 1. The lowest BCUT2D eigenvalue weighted by atomic mass is 10.2. The van der Waals surface area contributed by atoms with Gasteiger partial charge in [0.1, 0.15) is 0 Å². The first-order chi connectivity index (χ1) is 13.2. The monoisotopic (exact) mass is 384 g/mol. The number of hydrogen-bond acceptors (Lipinski definition) is 5. The maximum atomic E-state index is 12.3. The van der Waals surface area contributed by atoms with Crippen molar-refractivity contribution in [2.75, 3.05) is 38.0 Å². The molecule has 2 aromatic heterocycles. The highest BCUT2D eigenvalue weighted by Crippen LogP contribution is 2.20. The number of aromatic nitrogens is 3. The molecule has 0 radical (unpaired) electrons. The predicted octanol–water partition coefficient (Wildman–Crippen LogP) is 2.14. The van der Waals surface area contributed by atoms with Crippen LogP contribution in [0.25, 0.3) is 5.65 Å². The predicted molar refractivity (Wildman–Crippen MR) is 105 cm³/mol. The zero-order valence-corrected chi connectivity index (χ0v) is 15.6. The summed E-state index contributed by atoms with van der Waals surface area (Å²) in [4.78, 5) is 25.3. The van der Waals surface area contributed by atoms with Gasteiger partial charge in [-0.05, 0) is 12.1 Å². The molecular formula is C19H21ClN6O. The van der Waals surface area contributed by atoms with E-state index in [2.05, 4.69) is 29.5 Å². The van der Waals surface area contributed by atoms with Gasteiger partial charge in [-0.15, -0.1) is 0 Å². The summed E-state index contributed by atoms with van der Waals surface area (Å²) in [5.41, 5.74) is 2.67. The minimum absolute atomic E-state index is 0.0363. The summed E-state index contributed by atoms with van der Waals surface area (Å²) in [5, 5.41) is 3.44. The van der Waals surface area contributed by atoms with Crippen molar-refractivity contribution in [1.29, 1.82) is 0 Å². The summed E-state index contributed by atoms with van der Waals surface area (Å²) in [5.74, 6) is -0.0363. The van der Waals surface area contributed by atoms with Crippen LogP contribution in [0.5, 0.6) is 0 Å². The van der Waals surface area contributed by atoms with Crippen molar-refractivity contribution in [1.82, 2.24) is 24.2 Å². The van der Waals surface area contributed by atoms with Crippen LogP contribution in [0.4, 0.5) is 5.69 Å². The van der Waals surface area contributed by atoms with Crippen LogP contribution in [-0.4, -0.2) is 62.8 Å². The van der Waals surface area contributed by atoms with Crippen molar-refractivity contribution in [3.05, 3.63) is 59.8 Å². The third-order valence-corrected chi connectivity index (χ3v) is 5.09. The molecule has 1 fully saturated rings. The first-order valence-corrected chi connectivity index (χ1v) is 9.32. The van der Waals surface area contributed by atoms with Crippen molar-refractivity contribution in [3.8, 4) is 0 Å². The third kappa shape index (κ3) is 4.27. The van der Waals surface area contributed by atoms with E-state index < -0.39 is 0 Å². The van der Waals surface area contributed by atoms with Gasteiger partial charge in [-0.3, -0.25) is 24.0 Å². The molecule has 7 nitrogen and oxygen atoms in total. The zero-order chi connectivity index (χ0) is 18.6. The van der Waals surface area contributed by atoms with Gasteiger partial charge in [0.2, 0.25) is 5.91 Å². The van der Waals surface area contributed by atoms with Crippen molar-refractivity contribution < 1.29 is 4.79 Å². The molecule has 3 aromatic rings. The Morgan fingerprint density at radius 1 is 1.11 bits per heavy atom. The number of nitrogens with zero attached hydrogens (tertiary/aromatic N) is 5. The number of piperazine rings is 1. The van der Waals surface area contributed by atoms with Gasteiger partial charge in [0, 0.05) is 45.1 Å². The lowest BCUT2D eigenvalue weighted by Gasteiger charge is -2.34. The smallest absolute Gasteiger partial charge is 0.238 e. The van der Waals surface area contributed by atoms with Gasteiger partial charge in [0.25, 0.3) is 0 Å². The van der Waals surface area contributed by atoms with Gasteiger partial charge in [-0.1, -0.05) is 23.7 Å². The number of hydrogen-bond donors (Lipinski definition) is 1. The van der Waals surface area contributed by atoms with E-state index >= 15 is 0 Å². The first-order valence-electron chi connectivity index (χ1n) is 8.94. The average Bonchev–Trinajstić information content (AvgIpc) is 3.08. The molecule has 1 amide bonds. The molecular weight excluding hydrogens is 364 g/mol. The molecule has 4 rings (SSSR count). The van der Waals surface area contributed by atoms with E-state index in [1.807, 2.05) is 30.6 Å². The van der Waals surface area contributed by atoms with Gasteiger partial charge in [0.05, 0.1) is 35.3 Å². The standard InChI is InChI=1S/C19H21ClN6O/c20-16-3-1-2-4-17(16)23-19(27)14-25-9-7-24(8-10-25)13-15-11-22-18-12-21-5-6-26(15)18/h1-6,11-12H,7-10,13-14H2,(H,23,27). The van der Waals surface area contributed by atoms with Gasteiger partial charge in [-0.2, -0.15) is 0 Å². The Kier molecular flexibility index (Phi) is 5.33. The molecule has 1 aliphatic rings. The average molecular weight is 385 g/mol. The molecule has 0 unspecified atom stereocenters. The number of anilines is 1. The van der Waals surface area contributed by atoms with Crippen LogP contribution in [0.2, 0.25) is 5.02 Å². The fourth-order valence-electron chi connectivity index (χ4n) is 3.30. The van der Waals surface area contributed by atoms with E-state index in [1.54, 1.807) is 18.5 Å². The van der Waals surface area contributed by atoms with Crippen molar-refractivity contribution in [3.63, 3.8) is 0 Å². The van der Waals surface area contributed by atoms with Gasteiger partial charge in [0.15, 0.2) is 5.65 Å². The Bertz CT molecular complexity index is 935. The molecule has 0 saturated carbocycles. The number of nitrogens with one attached hydrogen (secondary N) is 1. The first kappa shape index (κ1) is 17.9. The topological polar surface area (TPSA) is 65.8 Å². The van der Waals surface area contributed by atoms with Crippen LogP contribution in [0, 0.1) is 0 Å². The molecule has 8 heteroatoms. The minimum Gasteiger partial charge on any atom is -0.324 e. The number of amides is 1. The van der Waals surface area contributed by atoms with E-state index in [0.717, 1.165) is 44.1 Å². The van der Waals surface area contributed by atoms with Crippen molar-refractivity contribution >= 4 is 28.8 Å². The van der Waals surface area contributed by atoms with Crippen LogP contribution < -0.4 is 5.32 Å². The number of rotatable bonds is 5. The maximum Gasteiger partial charge on any atom is 0.238 e. The SMILES string of the molecule is O=C(CN1CCN(Cc2cnc3cnccn23)CC1)Nc1ccccc1Cl. The molecule has 1 aliphatic heterocycles. The van der Waals surface area contributed by atoms with Gasteiger partial charge >= 0.3 is 0 Å². The third-order valence-electron chi connectivity index (χ3n) is 4.76. The molecule has 1 N–H and O–H groups in total. The van der Waals surface area contributed by atoms with E-state index in [-0.39, 0.29) is 5.91 Å². The lowest BCUT2D eigenvalue weighted by Crippen LogP contribution is -2.48. The highest BCUT2D eigenvalue weighted by molar-refractivity contribution is 6.33. The summed E-state index contributed by atoms with van der Waals surface area (Å²) in [7, 11) is 0. The van der Waals surface area contributed by atoms with Crippen LogP contribution >= 0.6 is 11.6 Å². The highest BCUT2D eigenvalue weighted by Gasteiger charge is 2.20. The molecule has 27 heavy (non-hydrogen) atoms. The van der Waals surface area contributed by atoms with Crippen molar-refractivity contribution in [2.24, 2.45) is 0 Å². The molecule has 0 aliphatic carbocycles. The van der Waals surface area contributed by atoms with E-state index in [4.69, 9.17) is 11.6 Å². The fraction of sp³-hybridized carbons (Fsp3) is 0.316. The number of carbonyl (C=O) groups excluding carboxylic acids is 1. The quantitative estimate of drug-likeness (QED) is 0.730. The van der Waals surface area contributed by atoms with E-state index in [0.29, 0.717) is 17.3 Å². The van der Waals surface area contributed by atoms with E-state index in [1.165, 1.54) is 0 Å². The van der Waals surface area contributed by atoms with Gasteiger partial charge < -0.3 is 5.32 Å². The fourth-order valence-corrected chi connectivity index (χ4v) is 3.48. The highest BCUT2D eigenvalue weighted by atomic mass is 35.5. The van der Waals surface area contributed by atoms with Crippen LogP contribution in [0.15, 0.2) is 49.1 Å². The van der Waals surface area contributed by atoms with Gasteiger partial charge in [-0.25, -0.2) is 4.98 Å². The maximum absolute atomic E-state index is 12.3. The summed E-state index contributed by atoms with van der Waals surface area (Å²) in [6.07, 6.45) is 7.38. The molecule has 0 bridgehead atoms. The second kappa shape index (κ2) is 8.04. The summed E-state index contributed by atoms with van der Waals surface area (Å²) >= 11 is 6.09. The van der Waals surface area contributed by atoms with Crippen LogP contribution in [0.1, 0.15) is 5.69 Å². The van der Waals surface area contributed by atoms with Crippen LogP contribution in [0.3, 0.4) is 0 Å². The second-order valence-corrected chi connectivity index (χ2v) is 7.04. The number of benzene rings is 1. The molecule has 0 spiro atoms. The summed E-state index contributed by atoms with van der Waals surface area (Å²) in [6, 6.07) is 7.28. The zero-order valence-electron chi connectivity index (χ0n) is 14.9. The van der Waals surface area contributed by atoms with Crippen molar-refractivity contribution in [2.45, 2.75) is 6.54 Å². The molecule has 0 atom stereocenters. The Hall–Kier alpha value is -2.48.